The van der Waals surface area contributed by atoms with Crippen LogP contribution < -0.4 is 5.32 Å². The lowest BCUT2D eigenvalue weighted by Crippen LogP contribution is -2.37. The van der Waals surface area contributed by atoms with Gasteiger partial charge in [-0.2, -0.15) is 0 Å². The summed E-state index contributed by atoms with van der Waals surface area (Å²) in [6.45, 7) is 3.56. The van der Waals surface area contributed by atoms with Gasteiger partial charge < -0.3 is 19.5 Å². The van der Waals surface area contributed by atoms with Crippen molar-refractivity contribution in [3.05, 3.63) is 12.7 Å². The highest BCUT2D eigenvalue weighted by Crippen LogP contribution is 2.35. The van der Waals surface area contributed by atoms with E-state index in [0.717, 1.165) is 0 Å². The third-order valence-corrected chi connectivity index (χ3v) is 5.43. The largest absolute Gasteiger partial charge is 0.462 e. The third-order valence-electron chi connectivity index (χ3n) is 5.10. The number of ether oxygens (including phenoxy) is 3. The highest BCUT2D eigenvalue weighted by atomic mass is 32.1. The Morgan fingerprint density at radius 3 is 2.58 bits per heavy atom. The number of carbonyl (C=O) groups excluding carboxylic acids is 4. The molecular formula is C20H25N5O7S. The molecule has 3 rings (SSSR count). The number of anilines is 1. The topological polar surface area (TPSA) is 152 Å². The van der Waals surface area contributed by atoms with Crippen molar-refractivity contribution in [2.75, 3.05) is 11.9 Å². The smallest absolute Gasteiger partial charge is 0.303 e. The standard InChI is InChI=1S/C20H25N5O7S/c1-10(26)24-18-17-19(22-8-21-18)25(9-23-17)16-5-4-13(32-16)6-14(20(29)33)15(31-12(3)28)7-30-11(2)27/h8-9,13-16H,4-7H2,1-3H3,(H,29,33)(H,21,22,24,26). The van der Waals surface area contributed by atoms with Gasteiger partial charge in [-0.05, 0) is 19.3 Å². The second kappa shape index (κ2) is 10.7. The zero-order chi connectivity index (χ0) is 24.1. The van der Waals surface area contributed by atoms with Crippen LogP contribution >= 0.6 is 12.6 Å². The lowest BCUT2D eigenvalue weighted by atomic mass is 9.95. The van der Waals surface area contributed by atoms with E-state index in [1.54, 1.807) is 10.9 Å². The summed E-state index contributed by atoms with van der Waals surface area (Å²) in [5.74, 6) is -1.95. The van der Waals surface area contributed by atoms with Crippen LogP contribution in [0.15, 0.2) is 12.7 Å². The Kier molecular flexibility index (Phi) is 7.97. The first-order valence-corrected chi connectivity index (χ1v) is 10.7. The SMILES string of the molecule is CC(=O)Nc1ncnc2c1ncn2C1CCC(CC(C(=O)S)C(COC(C)=O)OC(C)=O)O1. The van der Waals surface area contributed by atoms with Crippen molar-refractivity contribution in [2.45, 2.75) is 58.5 Å². The minimum Gasteiger partial charge on any atom is -0.462 e. The number of hydrogen-bond donors (Lipinski definition) is 2. The molecule has 0 saturated carbocycles. The molecule has 4 atom stereocenters. The maximum atomic E-state index is 12.2. The number of fused-ring (bicyclic) bond motifs is 1. The maximum Gasteiger partial charge on any atom is 0.303 e. The number of esters is 2. The van der Waals surface area contributed by atoms with Gasteiger partial charge in [0.15, 0.2) is 22.1 Å². The summed E-state index contributed by atoms with van der Waals surface area (Å²) in [4.78, 5) is 58.9. The highest BCUT2D eigenvalue weighted by molar-refractivity contribution is 7.96. The first kappa shape index (κ1) is 24.6. The molecule has 33 heavy (non-hydrogen) atoms. The Morgan fingerprint density at radius 2 is 1.94 bits per heavy atom. The number of rotatable bonds is 9. The fraction of sp³-hybridized carbons (Fsp3) is 0.550. The quantitative estimate of drug-likeness (QED) is 0.399. The summed E-state index contributed by atoms with van der Waals surface area (Å²) in [5.41, 5.74) is 0.924. The van der Waals surface area contributed by atoms with Crippen molar-refractivity contribution in [3.8, 4) is 0 Å². The molecule has 1 N–H and O–H groups in total. The fourth-order valence-corrected chi connectivity index (χ4v) is 4.00. The van der Waals surface area contributed by atoms with E-state index < -0.39 is 35.3 Å². The van der Waals surface area contributed by atoms with Crippen LogP contribution in [0.3, 0.4) is 0 Å². The molecule has 1 fully saturated rings. The average Bonchev–Trinajstić information content (AvgIpc) is 3.35. The summed E-state index contributed by atoms with van der Waals surface area (Å²) in [6, 6.07) is 0. The lowest BCUT2D eigenvalue weighted by molar-refractivity contribution is -0.161. The van der Waals surface area contributed by atoms with Gasteiger partial charge in [0.2, 0.25) is 5.91 Å². The van der Waals surface area contributed by atoms with E-state index in [4.69, 9.17) is 14.2 Å². The molecule has 2 aromatic rings. The lowest BCUT2D eigenvalue weighted by Gasteiger charge is -2.26. The monoisotopic (exact) mass is 479 g/mol. The molecule has 178 valence electrons. The summed E-state index contributed by atoms with van der Waals surface area (Å²) >= 11 is 3.95. The summed E-state index contributed by atoms with van der Waals surface area (Å²) in [6.07, 6.45) is 2.61. The van der Waals surface area contributed by atoms with Gasteiger partial charge in [0.05, 0.1) is 18.3 Å². The molecule has 3 heterocycles. The van der Waals surface area contributed by atoms with Gasteiger partial charge in [-0.15, -0.1) is 12.6 Å². The molecule has 0 bridgehead atoms. The first-order valence-electron chi connectivity index (χ1n) is 10.3. The van der Waals surface area contributed by atoms with Crippen molar-refractivity contribution >= 4 is 52.6 Å². The van der Waals surface area contributed by atoms with Gasteiger partial charge in [0, 0.05) is 20.8 Å². The number of imidazole rings is 1. The van der Waals surface area contributed by atoms with E-state index in [1.807, 2.05) is 0 Å². The number of amides is 1. The minimum absolute atomic E-state index is 0.219. The summed E-state index contributed by atoms with van der Waals surface area (Å²) in [5, 5.41) is 2.12. The molecule has 1 aliphatic rings. The van der Waals surface area contributed by atoms with E-state index in [9.17, 15) is 19.2 Å². The van der Waals surface area contributed by atoms with Crippen molar-refractivity contribution in [2.24, 2.45) is 5.92 Å². The van der Waals surface area contributed by atoms with E-state index in [0.29, 0.717) is 29.8 Å². The molecule has 0 spiro atoms. The van der Waals surface area contributed by atoms with Gasteiger partial charge in [-0.1, -0.05) is 0 Å². The molecule has 0 radical (unpaired) electrons. The number of aromatic nitrogens is 4. The Morgan fingerprint density at radius 1 is 1.18 bits per heavy atom. The van der Waals surface area contributed by atoms with Crippen LogP contribution in [-0.4, -0.2) is 61.3 Å². The van der Waals surface area contributed by atoms with Gasteiger partial charge in [0.1, 0.15) is 25.3 Å². The second-order valence-electron chi connectivity index (χ2n) is 7.65. The molecule has 2 aromatic heterocycles. The van der Waals surface area contributed by atoms with Crippen LogP contribution in [0.4, 0.5) is 5.82 Å². The number of nitrogens with one attached hydrogen (secondary N) is 1. The molecule has 4 unspecified atom stereocenters. The molecule has 0 aliphatic carbocycles. The van der Waals surface area contributed by atoms with Crippen molar-refractivity contribution in [3.63, 3.8) is 0 Å². The second-order valence-corrected chi connectivity index (χ2v) is 8.09. The van der Waals surface area contributed by atoms with Crippen molar-refractivity contribution in [1.29, 1.82) is 0 Å². The van der Waals surface area contributed by atoms with Gasteiger partial charge in [0.25, 0.3) is 0 Å². The average molecular weight is 480 g/mol. The number of hydrogen-bond acceptors (Lipinski definition) is 10. The van der Waals surface area contributed by atoms with E-state index in [1.165, 1.54) is 27.1 Å². The van der Waals surface area contributed by atoms with Crippen LogP contribution in [-0.2, 0) is 33.4 Å². The fourth-order valence-electron chi connectivity index (χ4n) is 3.73. The summed E-state index contributed by atoms with van der Waals surface area (Å²) < 4.78 is 18.1. The highest BCUT2D eigenvalue weighted by Gasteiger charge is 2.36. The van der Waals surface area contributed by atoms with Crippen LogP contribution in [0.1, 0.15) is 46.3 Å². The number of nitrogens with zero attached hydrogens (tertiary/aromatic N) is 4. The molecule has 12 nitrogen and oxygen atoms in total. The molecule has 13 heteroatoms. The zero-order valence-corrected chi connectivity index (χ0v) is 19.3. The molecular weight excluding hydrogens is 454 g/mol. The van der Waals surface area contributed by atoms with Crippen LogP contribution in [0.2, 0.25) is 0 Å². The summed E-state index contributed by atoms with van der Waals surface area (Å²) in [7, 11) is 0. The number of carbonyl (C=O) groups is 4. The molecule has 0 aromatic carbocycles. The van der Waals surface area contributed by atoms with Gasteiger partial charge >= 0.3 is 11.9 Å². The van der Waals surface area contributed by atoms with E-state index in [-0.39, 0.29) is 25.0 Å². The Labute approximate surface area is 194 Å². The first-order chi connectivity index (χ1) is 15.7. The van der Waals surface area contributed by atoms with E-state index in [2.05, 4.69) is 32.9 Å². The minimum atomic E-state index is -0.971. The third kappa shape index (κ3) is 6.26. The Bertz CT molecular complexity index is 1060. The molecule has 1 saturated heterocycles. The Hall–Kier alpha value is -3.06. The number of thiol groups is 1. The zero-order valence-electron chi connectivity index (χ0n) is 18.4. The van der Waals surface area contributed by atoms with E-state index >= 15 is 0 Å². The molecule has 1 amide bonds. The van der Waals surface area contributed by atoms with Crippen molar-refractivity contribution < 1.29 is 33.4 Å². The van der Waals surface area contributed by atoms with Gasteiger partial charge in [-0.25, -0.2) is 15.0 Å². The predicted molar refractivity (Wildman–Crippen MR) is 117 cm³/mol. The predicted octanol–water partition coefficient (Wildman–Crippen LogP) is 1.42. The van der Waals surface area contributed by atoms with Crippen LogP contribution in [0.25, 0.3) is 11.2 Å². The normalized spacial score (nSPS) is 19.6. The van der Waals surface area contributed by atoms with Crippen LogP contribution in [0, 0.1) is 5.92 Å². The van der Waals surface area contributed by atoms with Crippen LogP contribution in [0.5, 0.6) is 0 Å². The Balaban J connectivity index is 1.74. The van der Waals surface area contributed by atoms with Crippen molar-refractivity contribution in [1.82, 2.24) is 19.5 Å². The van der Waals surface area contributed by atoms with Gasteiger partial charge in [-0.3, -0.25) is 23.7 Å². The molecule has 1 aliphatic heterocycles. The maximum absolute atomic E-state index is 12.2.